The summed E-state index contributed by atoms with van der Waals surface area (Å²) in [6.07, 6.45) is -4.58. The molecule has 2 aliphatic heterocycles. The molecule has 6 rings (SSSR count). The van der Waals surface area contributed by atoms with Crippen molar-refractivity contribution in [2.24, 2.45) is 0 Å². The summed E-state index contributed by atoms with van der Waals surface area (Å²) in [5, 5.41) is 31.8. The average Bonchev–Trinajstić information content (AvgIpc) is 3.68. The van der Waals surface area contributed by atoms with E-state index in [0.717, 1.165) is 0 Å². The summed E-state index contributed by atoms with van der Waals surface area (Å²) < 4.78 is 26.0. The van der Waals surface area contributed by atoms with Crippen molar-refractivity contribution < 1.29 is 38.7 Å². The van der Waals surface area contributed by atoms with Crippen LogP contribution in [0.2, 0.25) is 0 Å². The number of nitrogens with zero attached hydrogens (tertiary/aromatic N) is 6. The Hall–Kier alpha value is -2.53. The highest BCUT2D eigenvalue weighted by atomic mass is 32.5. The van der Waals surface area contributed by atoms with Crippen molar-refractivity contribution in [2.75, 3.05) is 24.7 Å². The Bertz CT molecular complexity index is 1810. The van der Waals surface area contributed by atoms with Gasteiger partial charge in [-0.15, -0.1) is 0 Å². The minimum atomic E-state index is -3.90. The smallest absolute Gasteiger partial charge is 0.324 e. The maximum atomic E-state index is 10.7. The van der Waals surface area contributed by atoms with Gasteiger partial charge in [0.15, 0.2) is 17.5 Å². The number of nitrogens with two attached hydrogens (primary N) is 2. The van der Waals surface area contributed by atoms with E-state index in [-0.39, 0.29) is 35.2 Å². The summed E-state index contributed by atoms with van der Waals surface area (Å²) in [4.78, 5) is 32.8. The van der Waals surface area contributed by atoms with Gasteiger partial charge in [0.25, 0.3) is 0 Å². The Morgan fingerprint density at radius 3 is 2.07 bits per heavy atom. The number of ether oxygens (including phenoxy) is 2. The maximum absolute atomic E-state index is 10.7. The van der Waals surface area contributed by atoms with E-state index in [1.165, 1.54) is 17.2 Å². The van der Waals surface area contributed by atoms with Crippen LogP contribution in [0.1, 0.15) is 18.9 Å². The van der Waals surface area contributed by atoms with Gasteiger partial charge in [-0.1, -0.05) is 24.4 Å². The number of imidazole rings is 2. The number of aromatic amines is 2. The molecular weight excluding hydrogens is 635 g/mol. The van der Waals surface area contributed by atoms with Gasteiger partial charge in [0.1, 0.15) is 51.0 Å². The number of rotatable bonds is 8. The van der Waals surface area contributed by atoms with Gasteiger partial charge < -0.3 is 60.2 Å². The highest BCUT2D eigenvalue weighted by Crippen LogP contribution is 2.46. The van der Waals surface area contributed by atoms with Crippen LogP contribution in [0.15, 0.2) is 12.7 Å². The summed E-state index contributed by atoms with van der Waals surface area (Å²) in [5.74, 6) is 0.136. The van der Waals surface area contributed by atoms with Crippen LogP contribution < -0.4 is 11.5 Å². The van der Waals surface area contributed by atoms with E-state index >= 15 is 0 Å². The molecule has 4 unspecified atom stereocenters. The first-order chi connectivity index (χ1) is 19.9. The topological polar surface area (TPSA) is 263 Å². The Kier molecular flexibility index (Phi) is 7.87. The zero-order valence-corrected chi connectivity index (χ0v) is 24.6. The summed E-state index contributed by atoms with van der Waals surface area (Å²) in [7, 11) is 0. The normalized spacial score (nSPS) is 29.5. The number of nitrogens with one attached hydrogen (secondary N) is 2. The van der Waals surface area contributed by atoms with Crippen molar-refractivity contribution >= 4 is 77.2 Å². The molecular formula is C20H25N10O8PS3. The summed E-state index contributed by atoms with van der Waals surface area (Å²) in [6.45, 7) is -4.62. The summed E-state index contributed by atoms with van der Waals surface area (Å²) in [5.41, 5.74) is 12.9. The molecule has 0 aromatic carbocycles. The molecule has 0 amide bonds. The first-order valence-corrected chi connectivity index (χ1v) is 15.7. The fourth-order valence-electron chi connectivity index (χ4n) is 4.79. The Labute approximate surface area is 250 Å². The van der Waals surface area contributed by atoms with E-state index in [9.17, 15) is 20.2 Å². The predicted molar refractivity (Wildman–Crippen MR) is 153 cm³/mol. The zero-order chi connectivity index (χ0) is 29.9. The van der Waals surface area contributed by atoms with Gasteiger partial charge >= 0.3 is 6.72 Å². The molecule has 10 N–H and O–H groups in total. The number of aliphatic hydroxyl groups excluding tert-OH is 3. The molecule has 4 aromatic rings. The number of aliphatic hydroxyl groups is 3. The van der Waals surface area contributed by atoms with Gasteiger partial charge in [0.05, 0.1) is 32.0 Å². The molecule has 2 saturated heterocycles. The van der Waals surface area contributed by atoms with E-state index in [4.69, 9.17) is 66.2 Å². The number of H-pyrrole nitrogens is 2. The minimum Gasteiger partial charge on any atom is -0.390 e. The van der Waals surface area contributed by atoms with Crippen LogP contribution in [0, 0.1) is 9.28 Å². The van der Waals surface area contributed by atoms with Gasteiger partial charge in [-0.05, 0) is 11.8 Å². The molecule has 0 bridgehead atoms. The molecule has 0 spiro atoms. The summed E-state index contributed by atoms with van der Waals surface area (Å²) >= 11 is 15.5. The lowest BCUT2D eigenvalue weighted by Gasteiger charge is -2.22. The molecule has 0 aliphatic carbocycles. The quantitative estimate of drug-likeness (QED) is 0.0888. The van der Waals surface area contributed by atoms with Gasteiger partial charge in [0.2, 0.25) is 11.9 Å². The molecule has 8 atom stereocenters. The first-order valence-electron chi connectivity index (χ1n) is 12.3. The number of hydrogen-bond acceptors (Lipinski definition) is 16. The molecule has 0 saturated carbocycles. The van der Waals surface area contributed by atoms with Crippen molar-refractivity contribution in [1.29, 1.82) is 0 Å². The Morgan fingerprint density at radius 1 is 0.905 bits per heavy atom. The second-order valence-corrected chi connectivity index (χ2v) is 13.2. The third-order valence-corrected chi connectivity index (χ3v) is 9.00. The third-order valence-electron chi connectivity index (χ3n) is 6.83. The second-order valence-electron chi connectivity index (χ2n) is 9.59. The van der Waals surface area contributed by atoms with Crippen LogP contribution in [-0.2, 0) is 30.3 Å². The van der Waals surface area contributed by atoms with Crippen LogP contribution >= 0.6 is 31.2 Å². The van der Waals surface area contributed by atoms with Crippen molar-refractivity contribution in [2.45, 2.75) is 49.4 Å². The van der Waals surface area contributed by atoms with E-state index in [1.807, 2.05) is 0 Å². The van der Waals surface area contributed by atoms with E-state index in [0.29, 0.717) is 21.3 Å². The molecule has 42 heavy (non-hydrogen) atoms. The highest BCUT2D eigenvalue weighted by Gasteiger charge is 2.45. The lowest BCUT2D eigenvalue weighted by molar-refractivity contribution is -0.0549. The van der Waals surface area contributed by atoms with Gasteiger partial charge in [-0.25, -0.2) is 9.97 Å². The largest absolute Gasteiger partial charge is 0.390 e. The van der Waals surface area contributed by atoms with Crippen LogP contribution in [0.4, 0.5) is 11.9 Å². The van der Waals surface area contributed by atoms with Crippen LogP contribution in [0.5, 0.6) is 0 Å². The number of fused-ring (bicyclic) bond motifs is 2. The van der Waals surface area contributed by atoms with Crippen molar-refractivity contribution in [3.8, 4) is 0 Å². The predicted octanol–water partition coefficient (Wildman–Crippen LogP) is -0.327. The molecule has 226 valence electrons. The van der Waals surface area contributed by atoms with Crippen molar-refractivity contribution in [3.63, 3.8) is 0 Å². The van der Waals surface area contributed by atoms with Gasteiger partial charge in [0, 0.05) is 6.42 Å². The van der Waals surface area contributed by atoms with Crippen LogP contribution in [0.3, 0.4) is 0 Å². The number of nitrogen functional groups attached to an aromatic ring is 2. The average molecular weight is 661 g/mol. The number of hydrogen-bond donors (Lipinski definition) is 8. The Morgan fingerprint density at radius 2 is 1.45 bits per heavy atom. The second kappa shape index (κ2) is 11.2. The molecule has 22 heteroatoms. The van der Waals surface area contributed by atoms with E-state index in [2.05, 4.69) is 29.9 Å². The fraction of sp³-hybridized carbons (Fsp3) is 0.500. The SMILES string of the molecule is Nc1nc2c(ncn2[C@@H]2O[C@H](COP(O)(=S)OC[C@H]3O[C@@H](n4cnc5c(=S)[nH]c(N)nc54)CC3O)C(O)C2O)c(=S)[nH]1. The minimum absolute atomic E-state index is 0.0342. The van der Waals surface area contributed by atoms with E-state index in [1.54, 1.807) is 4.57 Å². The summed E-state index contributed by atoms with van der Waals surface area (Å²) in [6, 6.07) is 0. The lowest BCUT2D eigenvalue weighted by Crippen LogP contribution is -2.33. The number of aromatic nitrogens is 8. The highest BCUT2D eigenvalue weighted by molar-refractivity contribution is 8.07. The van der Waals surface area contributed by atoms with E-state index < -0.39 is 56.3 Å². The van der Waals surface area contributed by atoms with Crippen LogP contribution in [0.25, 0.3) is 22.3 Å². The van der Waals surface area contributed by atoms with Crippen molar-refractivity contribution in [3.05, 3.63) is 21.9 Å². The molecule has 18 nitrogen and oxygen atoms in total. The van der Waals surface area contributed by atoms with Gasteiger partial charge in [-0.3, -0.25) is 9.13 Å². The monoisotopic (exact) mass is 660 g/mol. The standard InChI is InChI=1S/C20H25N10O8PS3/c21-19-25-14-10(16(40)27-19)23-4-29(14)9-1-6(31)7(37-9)2-35-39(34,42)36-3-8-12(32)13(33)18(38-8)30-5-24-11-15(30)26-20(22)28-17(11)41/h4-9,12-13,18,31-33H,1-3H2,(H,34,42)(H3,21,25,27,40)(H3,22,26,28,41)/t6?,7-,8-,9-,12?,13?,18-,39?/m1/s1. The maximum Gasteiger partial charge on any atom is 0.324 e. The molecule has 2 fully saturated rings. The molecule has 0 radical (unpaired) electrons. The molecule has 4 aromatic heterocycles. The zero-order valence-electron chi connectivity index (χ0n) is 21.2. The lowest BCUT2D eigenvalue weighted by atomic mass is 10.1. The fourth-order valence-corrected chi connectivity index (χ4v) is 6.40. The molecule has 6 heterocycles. The number of anilines is 2. The molecule has 2 aliphatic rings. The third kappa shape index (κ3) is 5.47. The first kappa shape index (κ1) is 29.5. The Balaban J connectivity index is 1.07. The van der Waals surface area contributed by atoms with Gasteiger partial charge in [-0.2, -0.15) is 9.97 Å². The van der Waals surface area contributed by atoms with Crippen LogP contribution in [-0.4, -0.2) is 103 Å². The van der Waals surface area contributed by atoms with Crippen molar-refractivity contribution in [1.82, 2.24) is 39.0 Å².